The largest absolute Gasteiger partial charge is 0.421 e. The minimum absolute atomic E-state index is 0.398. The van der Waals surface area contributed by atoms with E-state index in [1.54, 1.807) is 0 Å². The fraction of sp³-hybridized carbons (Fsp3) is 0.250. The first kappa shape index (κ1) is 10.4. The molecule has 0 atom stereocenters. The second kappa shape index (κ2) is 4.58. The normalized spacial score (nSPS) is 10.0. The summed E-state index contributed by atoms with van der Waals surface area (Å²) >= 11 is 0. The molecule has 0 N–H and O–H groups in total. The molecular formula is C12H11N3O. The van der Waals surface area contributed by atoms with E-state index < -0.39 is 0 Å². The summed E-state index contributed by atoms with van der Waals surface area (Å²) in [7, 11) is 0. The second-order valence-electron chi connectivity index (χ2n) is 3.47. The molecule has 0 bridgehead atoms. The summed E-state index contributed by atoms with van der Waals surface area (Å²) in [4.78, 5) is 0. The summed E-state index contributed by atoms with van der Waals surface area (Å²) in [5.41, 5.74) is 2.04. The van der Waals surface area contributed by atoms with Gasteiger partial charge in [-0.15, -0.1) is 10.2 Å². The van der Waals surface area contributed by atoms with Crippen LogP contribution < -0.4 is 0 Å². The molecular weight excluding hydrogens is 202 g/mol. The van der Waals surface area contributed by atoms with Gasteiger partial charge < -0.3 is 4.42 Å². The maximum Gasteiger partial charge on any atom is 0.247 e. The molecule has 0 radical (unpaired) electrons. The van der Waals surface area contributed by atoms with Crippen LogP contribution in [0.1, 0.15) is 17.9 Å². The van der Waals surface area contributed by atoms with Crippen molar-refractivity contribution >= 4 is 0 Å². The summed E-state index contributed by atoms with van der Waals surface area (Å²) in [6.07, 6.45) is 0.908. The quantitative estimate of drug-likeness (QED) is 0.785. The summed E-state index contributed by atoms with van der Waals surface area (Å²) < 4.78 is 5.48. The third kappa shape index (κ3) is 2.09. The first-order chi connectivity index (χ1) is 7.81. The third-order valence-electron chi connectivity index (χ3n) is 2.29. The van der Waals surface area contributed by atoms with Crippen molar-refractivity contribution in [3.8, 4) is 17.5 Å². The molecule has 0 saturated heterocycles. The molecule has 0 fully saturated rings. The van der Waals surface area contributed by atoms with E-state index in [9.17, 15) is 0 Å². The lowest BCUT2D eigenvalue weighted by Crippen LogP contribution is -1.82. The van der Waals surface area contributed by atoms with Crippen LogP contribution in [0.25, 0.3) is 11.5 Å². The topological polar surface area (TPSA) is 62.7 Å². The Balaban J connectivity index is 2.26. The van der Waals surface area contributed by atoms with Crippen molar-refractivity contribution in [2.45, 2.75) is 19.8 Å². The Hall–Kier alpha value is -2.15. The molecule has 0 aliphatic rings. The Morgan fingerprint density at radius 2 is 2.12 bits per heavy atom. The fourth-order valence-electron chi connectivity index (χ4n) is 1.44. The standard InChI is InChI=1S/C12H11N3O/c1-9-5-2-3-6-10(9)12-15-14-11(16-12)7-4-8-13/h2-3,5-6H,4,7H2,1H3. The van der Waals surface area contributed by atoms with Gasteiger partial charge in [-0.1, -0.05) is 18.2 Å². The SMILES string of the molecule is Cc1ccccc1-c1nnc(CCC#N)o1. The van der Waals surface area contributed by atoms with E-state index in [-0.39, 0.29) is 0 Å². The highest BCUT2D eigenvalue weighted by molar-refractivity contribution is 5.57. The molecule has 1 aromatic carbocycles. The smallest absolute Gasteiger partial charge is 0.247 e. The minimum atomic E-state index is 0.398. The van der Waals surface area contributed by atoms with Crippen LogP contribution in [0.5, 0.6) is 0 Å². The van der Waals surface area contributed by atoms with Gasteiger partial charge in [-0.25, -0.2) is 0 Å². The Kier molecular flexibility index (Phi) is 2.97. The molecule has 1 heterocycles. The van der Waals surface area contributed by atoms with Crippen molar-refractivity contribution in [3.05, 3.63) is 35.7 Å². The maximum absolute atomic E-state index is 8.46. The summed E-state index contributed by atoms with van der Waals surface area (Å²) in [6.45, 7) is 1.99. The lowest BCUT2D eigenvalue weighted by molar-refractivity contribution is 0.507. The van der Waals surface area contributed by atoms with Crippen LogP contribution in [0, 0.1) is 18.3 Å². The zero-order chi connectivity index (χ0) is 11.4. The predicted octanol–water partition coefficient (Wildman–Crippen LogP) is 2.50. The zero-order valence-corrected chi connectivity index (χ0v) is 8.97. The van der Waals surface area contributed by atoms with Crippen LogP contribution in [0.3, 0.4) is 0 Å². The summed E-state index contributed by atoms with van der Waals surface area (Å²) in [5, 5.41) is 16.3. The van der Waals surface area contributed by atoms with Crippen LogP contribution in [-0.4, -0.2) is 10.2 Å². The summed E-state index contributed by atoms with van der Waals surface area (Å²) in [5.74, 6) is 1.03. The highest BCUT2D eigenvalue weighted by Gasteiger charge is 2.09. The van der Waals surface area contributed by atoms with Crippen molar-refractivity contribution in [1.82, 2.24) is 10.2 Å². The van der Waals surface area contributed by atoms with Gasteiger partial charge in [-0.05, 0) is 18.6 Å². The van der Waals surface area contributed by atoms with E-state index in [4.69, 9.17) is 9.68 Å². The summed E-state index contributed by atoms with van der Waals surface area (Å²) in [6, 6.07) is 9.88. The van der Waals surface area contributed by atoms with Gasteiger partial charge in [0.2, 0.25) is 11.8 Å². The van der Waals surface area contributed by atoms with E-state index in [1.165, 1.54) is 0 Å². The number of benzene rings is 1. The highest BCUT2D eigenvalue weighted by Crippen LogP contribution is 2.21. The van der Waals surface area contributed by atoms with Gasteiger partial charge in [-0.3, -0.25) is 0 Å². The average Bonchev–Trinajstić information content (AvgIpc) is 2.75. The molecule has 80 valence electrons. The molecule has 2 rings (SSSR count). The molecule has 1 aromatic heterocycles. The van der Waals surface area contributed by atoms with Gasteiger partial charge in [0.25, 0.3) is 0 Å². The highest BCUT2D eigenvalue weighted by atomic mass is 16.4. The number of rotatable bonds is 3. The lowest BCUT2D eigenvalue weighted by Gasteiger charge is -1.98. The molecule has 2 aromatic rings. The number of aromatic nitrogens is 2. The number of hydrogen-bond donors (Lipinski definition) is 0. The van der Waals surface area contributed by atoms with Crippen molar-refractivity contribution in [3.63, 3.8) is 0 Å². The molecule has 0 aliphatic heterocycles. The van der Waals surface area contributed by atoms with Gasteiger partial charge in [-0.2, -0.15) is 5.26 Å². The molecule has 0 unspecified atom stereocenters. The van der Waals surface area contributed by atoms with Crippen LogP contribution >= 0.6 is 0 Å². The average molecular weight is 213 g/mol. The first-order valence-electron chi connectivity index (χ1n) is 5.06. The molecule has 0 saturated carbocycles. The Morgan fingerprint density at radius 3 is 2.88 bits per heavy atom. The first-order valence-corrected chi connectivity index (χ1v) is 5.06. The molecule has 0 amide bonds. The minimum Gasteiger partial charge on any atom is -0.421 e. The van der Waals surface area contributed by atoms with E-state index in [0.29, 0.717) is 24.6 Å². The van der Waals surface area contributed by atoms with Gasteiger partial charge in [0.1, 0.15) is 0 Å². The second-order valence-corrected chi connectivity index (χ2v) is 3.47. The van der Waals surface area contributed by atoms with Crippen LogP contribution in [0.4, 0.5) is 0 Å². The zero-order valence-electron chi connectivity index (χ0n) is 8.97. The third-order valence-corrected chi connectivity index (χ3v) is 2.29. The number of aryl methyl sites for hydroxylation is 2. The van der Waals surface area contributed by atoms with Gasteiger partial charge >= 0.3 is 0 Å². The van der Waals surface area contributed by atoms with Crippen LogP contribution in [0.2, 0.25) is 0 Å². The van der Waals surface area contributed by atoms with Crippen LogP contribution in [-0.2, 0) is 6.42 Å². The van der Waals surface area contributed by atoms with Crippen molar-refractivity contribution in [1.29, 1.82) is 5.26 Å². The molecule has 4 heteroatoms. The molecule has 0 aliphatic carbocycles. The van der Waals surface area contributed by atoms with Crippen molar-refractivity contribution in [2.75, 3.05) is 0 Å². The Labute approximate surface area is 93.5 Å². The Morgan fingerprint density at radius 1 is 1.31 bits per heavy atom. The van der Waals surface area contributed by atoms with Gasteiger partial charge in [0.05, 0.1) is 6.07 Å². The number of nitriles is 1. The van der Waals surface area contributed by atoms with Crippen molar-refractivity contribution in [2.24, 2.45) is 0 Å². The van der Waals surface area contributed by atoms with Gasteiger partial charge in [0, 0.05) is 18.4 Å². The number of nitrogens with zero attached hydrogens (tertiary/aromatic N) is 3. The predicted molar refractivity (Wildman–Crippen MR) is 58.4 cm³/mol. The molecule has 4 nitrogen and oxygen atoms in total. The molecule has 0 spiro atoms. The maximum atomic E-state index is 8.46. The number of hydrogen-bond acceptors (Lipinski definition) is 4. The lowest BCUT2D eigenvalue weighted by atomic mass is 10.1. The van der Waals surface area contributed by atoms with E-state index >= 15 is 0 Å². The van der Waals surface area contributed by atoms with Crippen molar-refractivity contribution < 1.29 is 4.42 Å². The van der Waals surface area contributed by atoms with Gasteiger partial charge in [0.15, 0.2) is 0 Å². The Bertz CT molecular complexity index is 525. The van der Waals surface area contributed by atoms with E-state index in [1.807, 2.05) is 37.3 Å². The van der Waals surface area contributed by atoms with Crippen LogP contribution in [0.15, 0.2) is 28.7 Å². The monoisotopic (exact) mass is 213 g/mol. The molecule has 16 heavy (non-hydrogen) atoms. The van der Waals surface area contributed by atoms with E-state index in [2.05, 4.69) is 10.2 Å². The fourth-order valence-corrected chi connectivity index (χ4v) is 1.44. The van der Waals surface area contributed by atoms with E-state index in [0.717, 1.165) is 11.1 Å².